The molecule has 1 fully saturated rings. The van der Waals surface area contributed by atoms with Crippen molar-refractivity contribution in [2.75, 3.05) is 5.32 Å². The first-order valence-electron chi connectivity index (χ1n) is 11.1. The zero-order valence-corrected chi connectivity index (χ0v) is 18.5. The third-order valence-electron chi connectivity index (χ3n) is 6.09. The molecule has 0 spiro atoms. The molecule has 4 aromatic rings. The normalized spacial score (nSPS) is 17.9. The molecule has 0 amide bonds. The molecule has 1 aliphatic carbocycles. The van der Waals surface area contributed by atoms with Crippen molar-refractivity contribution < 1.29 is 8.78 Å². The van der Waals surface area contributed by atoms with Gasteiger partial charge in [0, 0.05) is 29.9 Å². The fourth-order valence-corrected chi connectivity index (χ4v) is 4.49. The fraction of sp³-hybridized carbons (Fsp3) is 0.348. The Balaban J connectivity index is 1.36. The smallest absolute Gasteiger partial charge is 0.257 e. The maximum absolute atomic E-state index is 12.7. The van der Waals surface area contributed by atoms with Gasteiger partial charge in [-0.15, -0.1) is 0 Å². The number of nitriles is 2. The number of fused-ring (bicyclic) bond motifs is 1. The number of nitrogens with zero attached hydrogens (tertiary/aromatic N) is 9. The van der Waals surface area contributed by atoms with Crippen LogP contribution in [0.2, 0.25) is 0 Å². The maximum Gasteiger partial charge on any atom is 0.257 e. The van der Waals surface area contributed by atoms with Gasteiger partial charge >= 0.3 is 0 Å². The summed E-state index contributed by atoms with van der Waals surface area (Å²) in [6.07, 6.45) is 8.81. The molecule has 1 N–H and O–H groups in total. The lowest BCUT2D eigenvalue weighted by molar-refractivity contribution is 0.122. The van der Waals surface area contributed by atoms with Crippen molar-refractivity contribution in [2.45, 2.75) is 50.7 Å². The van der Waals surface area contributed by atoms with Gasteiger partial charge in [0.05, 0.1) is 41.7 Å². The Kier molecular flexibility index (Phi) is 6.02. The lowest BCUT2D eigenvalue weighted by Gasteiger charge is -2.31. The van der Waals surface area contributed by atoms with Gasteiger partial charge in [0.2, 0.25) is 5.95 Å². The van der Waals surface area contributed by atoms with E-state index in [0.29, 0.717) is 22.9 Å². The van der Waals surface area contributed by atoms with E-state index < -0.39 is 13.0 Å². The number of anilines is 1. The number of rotatable bonds is 6. The minimum atomic E-state index is -2.53. The first-order valence-corrected chi connectivity index (χ1v) is 11.1. The average molecular weight is 474 g/mol. The highest BCUT2D eigenvalue weighted by Gasteiger charge is 2.25. The molecule has 1 aliphatic rings. The molecule has 4 aromatic heterocycles. The van der Waals surface area contributed by atoms with Crippen LogP contribution in [-0.4, -0.2) is 46.8 Å². The van der Waals surface area contributed by atoms with E-state index in [1.807, 2.05) is 0 Å². The molecule has 0 radical (unpaired) electrons. The summed E-state index contributed by atoms with van der Waals surface area (Å²) in [5.41, 5.74) is 3.02. The van der Waals surface area contributed by atoms with Crippen LogP contribution in [0.4, 0.5) is 14.7 Å². The Labute approximate surface area is 198 Å². The van der Waals surface area contributed by atoms with Gasteiger partial charge in [-0.25, -0.2) is 28.7 Å². The predicted molar refractivity (Wildman–Crippen MR) is 121 cm³/mol. The van der Waals surface area contributed by atoms with Crippen LogP contribution in [0.15, 0.2) is 37.2 Å². The lowest BCUT2D eigenvalue weighted by Crippen LogP contribution is -2.29. The van der Waals surface area contributed by atoms with E-state index in [1.54, 1.807) is 18.6 Å². The molecule has 0 aliphatic heterocycles. The molecule has 5 rings (SSSR count). The SMILES string of the molecule is N#Cc1cc2c(cn1)ncn2[C@H]1CCC[C@@H](Nc2ncc(C#N)c(-c3cnn(CC(F)F)c3)n2)C1. The van der Waals surface area contributed by atoms with E-state index in [2.05, 4.69) is 47.1 Å². The van der Waals surface area contributed by atoms with Crippen molar-refractivity contribution in [3.63, 3.8) is 0 Å². The highest BCUT2D eigenvalue weighted by Crippen LogP contribution is 2.32. The van der Waals surface area contributed by atoms with Crippen molar-refractivity contribution in [3.8, 4) is 23.4 Å². The van der Waals surface area contributed by atoms with Gasteiger partial charge in [-0.1, -0.05) is 0 Å². The van der Waals surface area contributed by atoms with Gasteiger partial charge in [0.15, 0.2) is 0 Å². The topological polar surface area (TPSA) is 134 Å². The number of nitrogens with one attached hydrogen (secondary N) is 1. The summed E-state index contributed by atoms with van der Waals surface area (Å²) in [5.74, 6) is 0.359. The summed E-state index contributed by atoms with van der Waals surface area (Å²) in [4.78, 5) is 17.3. The van der Waals surface area contributed by atoms with Gasteiger partial charge in [0.25, 0.3) is 6.43 Å². The number of hydrogen-bond acceptors (Lipinski definition) is 8. The number of imidazole rings is 1. The van der Waals surface area contributed by atoms with E-state index in [9.17, 15) is 19.3 Å². The largest absolute Gasteiger partial charge is 0.351 e. The number of halogens is 2. The van der Waals surface area contributed by atoms with Gasteiger partial charge in [0.1, 0.15) is 29.9 Å². The summed E-state index contributed by atoms with van der Waals surface area (Å²) in [7, 11) is 0. The Hall–Kier alpha value is -4.45. The molecule has 0 unspecified atom stereocenters. The Morgan fingerprint density at radius 1 is 1.11 bits per heavy atom. The van der Waals surface area contributed by atoms with Crippen LogP contribution < -0.4 is 5.32 Å². The van der Waals surface area contributed by atoms with Crippen molar-refractivity contribution in [1.29, 1.82) is 10.5 Å². The monoisotopic (exact) mass is 474 g/mol. The van der Waals surface area contributed by atoms with Crippen LogP contribution in [0.3, 0.4) is 0 Å². The molecular weight excluding hydrogens is 454 g/mol. The number of alkyl halides is 2. The third-order valence-corrected chi connectivity index (χ3v) is 6.09. The van der Waals surface area contributed by atoms with E-state index in [1.165, 1.54) is 18.6 Å². The van der Waals surface area contributed by atoms with Crippen LogP contribution >= 0.6 is 0 Å². The second kappa shape index (κ2) is 9.43. The van der Waals surface area contributed by atoms with Gasteiger partial charge in [-0.3, -0.25) is 4.68 Å². The summed E-state index contributed by atoms with van der Waals surface area (Å²) in [6, 6.07) is 6.12. The molecule has 12 heteroatoms. The van der Waals surface area contributed by atoms with Crippen LogP contribution in [0, 0.1) is 22.7 Å². The summed E-state index contributed by atoms with van der Waals surface area (Å²) < 4.78 is 28.6. The minimum Gasteiger partial charge on any atom is -0.351 e. The van der Waals surface area contributed by atoms with Crippen LogP contribution in [0.5, 0.6) is 0 Å². The second-order valence-electron chi connectivity index (χ2n) is 8.39. The standard InChI is InChI=1S/C23H20F2N10/c24-21(25)12-34-11-15(9-31-34)22-14(6-26)8-29-23(33-22)32-16-2-1-3-18(4-16)35-13-30-19-10-28-17(7-27)5-20(19)35/h5,8-11,13,16,18,21H,1-4,12H2,(H,29,32,33)/t16-,18+/m1/s1. The first kappa shape index (κ1) is 22.3. The summed E-state index contributed by atoms with van der Waals surface area (Å²) in [6.45, 7) is -0.531. The van der Waals surface area contributed by atoms with Crippen molar-refractivity contribution in [3.05, 3.63) is 48.4 Å². The van der Waals surface area contributed by atoms with Crippen LogP contribution in [0.25, 0.3) is 22.3 Å². The Bertz CT molecular complexity index is 1440. The highest BCUT2D eigenvalue weighted by molar-refractivity contribution is 5.75. The number of hydrogen-bond donors (Lipinski definition) is 1. The molecule has 1 saturated carbocycles. The zero-order valence-electron chi connectivity index (χ0n) is 18.5. The molecule has 4 heterocycles. The quantitative estimate of drug-likeness (QED) is 0.447. The fourth-order valence-electron chi connectivity index (χ4n) is 4.49. The molecule has 2 atom stereocenters. The Morgan fingerprint density at radius 3 is 2.80 bits per heavy atom. The third kappa shape index (κ3) is 4.64. The minimum absolute atomic E-state index is 0.0748. The average Bonchev–Trinajstić information content (AvgIpc) is 3.50. The van der Waals surface area contributed by atoms with Gasteiger partial charge in [-0.2, -0.15) is 15.6 Å². The molecule has 10 nitrogen and oxygen atoms in total. The highest BCUT2D eigenvalue weighted by atomic mass is 19.3. The Morgan fingerprint density at radius 2 is 2.00 bits per heavy atom. The van der Waals surface area contributed by atoms with E-state index in [0.717, 1.165) is 41.4 Å². The molecule has 35 heavy (non-hydrogen) atoms. The molecular formula is C23H20F2N10. The summed E-state index contributed by atoms with van der Waals surface area (Å²) in [5, 5.41) is 26.0. The number of aromatic nitrogens is 7. The lowest BCUT2D eigenvalue weighted by atomic mass is 9.90. The molecule has 0 bridgehead atoms. The van der Waals surface area contributed by atoms with Crippen molar-refractivity contribution >= 4 is 17.0 Å². The van der Waals surface area contributed by atoms with Crippen LogP contribution in [-0.2, 0) is 6.54 Å². The van der Waals surface area contributed by atoms with Gasteiger partial charge in [-0.05, 0) is 25.7 Å². The van der Waals surface area contributed by atoms with Crippen molar-refractivity contribution in [1.82, 2.24) is 34.3 Å². The van der Waals surface area contributed by atoms with Crippen LogP contribution in [0.1, 0.15) is 43.0 Å². The van der Waals surface area contributed by atoms with E-state index >= 15 is 0 Å². The van der Waals surface area contributed by atoms with Gasteiger partial charge < -0.3 is 9.88 Å². The zero-order chi connectivity index (χ0) is 24.4. The number of pyridine rings is 1. The van der Waals surface area contributed by atoms with Crippen molar-refractivity contribution in [2.24, 2.45) is 0 Å². The first-order chi connectivity index (χ1) is 17.0. The molecule has 0 aromatic carbocycles. The second-order valence-corrected chi connectivity index (χ2v) is 8.39. The van der Waals surface area contributed by atoms with E-state index in [4.69, 9.17) is 0 Å². The summed E-state index contributed by atoms with van der Waals surface area (Å²) >= 11 is 0. The molecule has 176 valence electrons. The molecule has 0 saturated heterocycles. The van der Waals surface area contributed by atoms with E-state index in [-0.39, 0.29) is 17.6 Å². The maximum atomic E-state index is 12.7. The predicted octanol–water partition coefficient (Wildman–Crippen LogP) is 3.69.